The Labute approximate surface area is 431 Å². The molecule has 2 heterocycles. The van der Waals surface area contributed by atoms with Gasteiger partial charge in [-0.15, -0.1) is 0 Å². The van der Waals surface area contributed by atoms with E-state index in [0.717, 1.165) is 73.2 Å². The van der Waals surface area contributed by atoms with Gasteiger partial charge in [-0.25, -0.2) is 4.98 Å². The van der Waals surface area contributed by atoms with Crippen LogP contribution in [0.5, 0.6) is 0 Å². The average molecular weight is 944 g/mol. The first kappa shape index (κ1) is 43.1. The maximum absolute atomic E-state index is 5.50. The zero-order chi connectivity index (χ0) is 49.0. The fourth-order valence-electron chi connectivity index (χ4n) is 11.6. The van der Waals surface area contributed by atoms with Crippen molar-refractivity contribution in [3.05, 3.63) is 301 Å². The van der Waals surface area contributed by atoms with Gasteiger partial charge in [-0.3, -0.25) is 0 Å². The Morgan fingerprint density at radius 3 is 1.26 bits per heavy atom. The van der Waals surface area contributed by atoms with Crippen LogP contribution >= 0.6 is 0 Å². The van der Waals surface area contributed by atoms with Gasteiger partial charge in [-0.1, -0.05) is 222 Å². The normalized spacial score (nSPS) is 12.7. The summed E-state index contributed by atoms with van der Waals surface area (Å²) in [5.41, 5.74) is 22.2. The summed E-state index contributed by atoms with van der Waals surface area (Å²) in [5.74, 6) is 2.15. The van der Waals surface area contributed by atoms with E-state index in [4.69, 9.17) is 9.97 Å². The zero-order valence-electron chi connectivity index (χ0n) is 40.4. The molecule has 1 aliphatic heterocycles. The number of anilines is 3. The van der Waals surface area contributed by atoms with Crippen molar-refractivity contribution in [1.82, 2.24) is 9.97 Å². The van der Waals surface area contributed by atoms with Crippen molar-refractivity contribution in [3.63, 3.8) is 0 Å². The molecule has 4 heteroatoms. The molecule has 0 radical (unpaired) electrons. The summed E-state index contributed by atoms with van der Waals surface area (Å²) in [5, 5.41) is 0. The van der Waals surface area contributed by atoms with Gasteiger partial charge in [-0.2, -0.15) is 0 Å². The highest BCUT2D eigenvalue weighted by Gasteiger charge is 2.52. The number of fused-ring (bicyclic) bond motifs is 9. The van der Waals surface area contributed by atoms with E-state index < -0.39 is 5.41 Å². The predicted octanol–water partition coefficient (Wildman–Crippen LogP) is 17.1. The quantitative estimate of drug-likeness (QED) is 0.152. The number of hydrogen-bond donors (Lipinski definition) is 0. The number of nitrogens with one attached hydrogen (secondary N) is 1. The summed E-state index contributed by atoms with van der Waals surface area (Å²) in [4.78, 5) is 17.1. The first-order valence-electron chi connectivity index (χ1n) is 25.3. The smallest absolute Gasteiger partial charge is 0.309 e. The number of benzene rings is 11. The maximum Gasteiger partial charge on any atom is 0.309 e. The van der Waals surface area contributed by atoms with E-state index in [2.05, 4.69) is 283 Å². The second kappa shape index (κ2) is 17.8. The van der Waals surface area contributed by atoms with Crippen LogP contribution in [0, 0.1) is 0 Å². The van der Waals surface area contributed by atoms with Gasteiger partial charge in [0.15, 0.2) is 0 Å². The third-order valence-corrected chi connectivity index (χ3v) is 15.0. The molecule has 0 saturated carbocycles. The molecule has 0 bridgehead atoms. The minimum absolute atomic E-state index is 0.653. The van der Waals surface area contributed by atoms with Gasteiger partial charge >= 0.3 is 5.82 Å². The molecule has 1 aromatic heterocycles. The van der Waals surface area contributed by atoms with E-state index in [9.17, 15) is 0 Å². The molecule has 74 heavy (non-hydrogen) atoms. The fraction of sp³-hybridized carbons (Fsp3) is 0.0143. The second-order valence-electron chi connectivity index (χ2n) is 19.1. The summed E-state index contributed by atoms with van der Waals surface area (Å²) in [6, 6.07) is 101. The number of hydrogen-bond acceptors (Lipinski definition) is 3. The third-order valence-electron chi connectivity index (χ3n) is 15.0. The molecule has 1 aliphatic carbocycles. The molecule has 2 aliphatic rings. The lowest BCUT2D eigenvalue weighted by atomic mass is 9.64. The minimum atomic E-state index is -0.676. The van der Waals surface area contributed by atoms with Crippen LogP contribution in [0.25, 0.3) is 89.8 Å². The Morgan fingerprint density at radius 2 is 0.676 bits per heavy atom. The number of aromatic amines is 1. The lowest BCUT2D eigenvalue weighted by Crippen LogP contribution is -2.36. The SMILES string of the molecule is c1ccc(-c2ccc(-c3nc(-c4cccc5c4-c4cc(-c6ccc(-c7cccc(-c8ccccc8)c7)cc6)ccc4C54c5ccccc5N(c5ccccc5)c5ccccc54)nc(-c4ccccc4)[nH+]3)cc2)cc1. The molecule has 0 unspecified atom stereocenters. The lowest BCUT2D eigenvalue weighted by molar-refractivity contribution is -0.359. The van der Waals surface area contributed by atoms with Crippen molar-refractivity contribution in [2.45, 2.75) is 5.41 Å². The van der Waals surface area contributed by atoms with Crippen LogP contribution in [0.3, 0.4) is 0 Å². The van der Waals surface area contributed by atoms with E-state index >= 15 is 0 Å². The molecule has 0 saturated heterocycles. The van der Waals surface area contributed by atoms with E-state index in [1.54, 1.807) is 0 Å². The number of nitrogens with zero attached hydrogens (tertiary/aromatic N) is 3. The molecule has 1 N–H and O–H groups in total. The van der Waals surface area contributed by atoms with Crippen LogP contribution in [0.4, 0.5) is 17.1 Å². The molecular weight excluding hydrogens is 897 g/mol. The highest BCUT2D eigenvalue weighted by molar-refractivity contribution is 6.00. The summed E-state index contributed by atoms with van der Waals surface area (Å²) in [7, 11) is 0. The van der Waals surface area contributed by atoms with E-state index in [1.165, 1.54) is 50.1 Å². The van der Waals surface area contributed by atoms with Crippen LogP contribution in [0.2, 0.25) is 0 Å². The molecule has 4 nitrogen and oxygen atoms in total. The molecule has 346 valence electrons. The fourth-order valence-corrected chi connectivity index (χ4v) is 11.6. The number of rotatable bonds is 8. The molecule has 11 aromatic carbocycles. The van der Waals surface area contributed by atoms with Crippen molar-refractivity contribution in [1.29, 1.82) is 0 Å². The number of aromatic nitrogens is 3. The van der Waals surface area contributed by atoms with Crippen molar-refractivity contribution in [2.75, 3.05) is 4.90 Å². The average Bonchev–Trinajstić information content (AvgIpc) is 3.79. The number of para-hydroxylation sites is 3. The zero-order valence-corrected chi connectivity index (χ0v) is 40.4. The van der Waals surface area contributed by atoms with Gasteiger partial charge in [0.2, 0.25) is 0 Å². The van der Waals surface area contributed by atoms with Crippen LogP contribution in [0.1, 0.15) is 22.3 Å². The molecular formula is C70H47N4+. The molecule has 14 rings (SSSR count). The highest BCUT2D eigenvalue weighted by atomic mass is 15.2. The summed E-state index contributed by atoms with van der Waals surface area (Å²) in [6.07, 6.45) is 0. The molecule has 0 amide bonds. The van der Waals surface area contributed by atoms with Crippen molar-refractivity contribution < 1.29 is 4.98 Å². The Balaban J connectivity index is 0.983. The van der Waals surface area contributed by atoms with Gasteiger partial charge in [0.05, 0.1) is 33.5 Å². The van der Waals surface area contributed by atoms with E-state index in [-0.39, 0.29) is 0 Å². The van der Waals surface area contributed by atoms with Crippen LogP contribution in [-0.4, -0.2) is 9.97 Å². The largest absolute Gasteiger partial charge is 0.310 e. The summed E-state index contributed by atoms with van der Waals surface area (Å²) in [6.45, 7) is 0. The van der Waals surface area contributed by atoms with Crippen LogP contribution in [0.15, 0.2) is 279 Å². The topological polar surface area (TPSA) is 43.2 Å². The van der Waals surface area contributed by atoms with Crippen LogP contribution < -0.4 is 9.88 Å². The highest BCUT2D eigenvalue weighted by Crippen LogP contribution is 2.64. The third kappa shape index (κ3) is 7.10. The van der Waals surface area contributed by atoms with Crippen molar-refractivity contribution in [3.8, 4) is 89.8 Å². The maximum atomic E-state index is 5.50. The Bertz CT molecular complexity index is 3990. The molecule has 12 aromatic rings. The Kier molecular flexibility index (Phi) is 10.4. The van der Waals surface area contributed by atoms with E-state index in [1.807, 2.05) is 6.07 Å². The first-order valence-corrected chi connectivity index (χ1v) is 25.3. The second-order valence-corrected chi connectivity index (χ2v) is 19.1. The van der Waals surface area contributed by atoms with Gasteiger partial charge in [0.25, 0.3) is 11.6 Å². The van der Waals surface area contributed by atoms with Gasteiger partial charge in [-0.05, 0) is 139 Å². The van der Waals surface area contributed by atoms with E-state index in [0.29, 0.717) is 5.82 Å². The Hall–Kier alpha value is -9.77. The standard InChI is InChI=1S/C70H46N4/c1-5-19-47(20-6-1)49-39-41-53(42-40-49)68-71-67(52-23-9-3-10-24-52)72-69(73-68)58-29-18-32-63-66(58)59-46-56(51-37-35-50(36-38-51)55-26-17-25-54(45-55)48-21-7-2-8-22-48)43-44-60(59)70(63)61-30-13-15-33-64(61)74(57-27-11-4-12-28-57)65-34-16-14-31-62(65)70/h1-46H/p+1. The van der Waals surface area contributed by atoms with Crippen molar-refractivity contribution in [2.24, 2.45) is 0 Å². The molecule has 1 spiro atoms. The predicted molar refractivity (Wildman–Crippen MR) is 302 cm³/mol. The van der Waals surface area contributed by atoms with Gasteiger partial charge in [0, 0.05) is 11.3 Å². The van der Waals surface area contributed by atoms with Gasteiger partial charge in [0.1, 0.15) is 0 Å². The monoisotopic (exact) mass is 943 g/mol. The van der Waals surface area contributed by atoms with Crippen LogP contribution in [-0.2, 0) is 5.41 Å². The first-order chi connectivity index (χ1) is 36.7. The van der Waals surface area contributed by atoms with Gasteiger partial charge < -0.3 is 4.90 Å². The summed E-state index contributed by atoms with van der Waals surface area (Å²) < 4.78 is 0. The lowest BCUT2D eigenvalue weighted by Gasteiger charge is -2.45. The van der Waals surface area contributed by atoms with Crippen molar-refractivity contribution >= 4 is 17.1 Å². The molecule has 0 atom stereocenters. The number of H-pyrrole nitrogens is 1. The Morgan fingerprint density at radius 1 is 0.284 bits per heavy atom. The summed E-state index contributed by atoms with van der Waals surface area (Å²) >= 11 is 0. The molecule has 0 fully saturated rings. The minimum Gasteiger partial charge on any atom is -0.310 e.